The Balaban J connectivity index is 1.47. The minimum Gasteiger partial charge on any atom is -0.367 e. The van der Waals surface area contributed by atoms with E-state index in [1.165, 1.54) is 6.07 Å². The van der Waals surface area contributed by atoms with Gasteiger partial charge in [0.05, 0.1) is 16.7 Å². The molecule has 0 atom stereocenters. The number of anilines is 1. The van der Waals surface area contributed by atoms with Crippen LogP contribution in [-0.4, -0.2) is 63.1 Å². The fourth-order valence-electron chi connectivity index (χ4n) is 4.85. The summed E-state index contributed by atoms with van der Waals surface area (Å²) in [6, 6.07) is 10.4. The lowest BCUT2D eigenvalue weighted by atomic mass is 10.1. The number of aromatic nitrogens is 4. The summed E-state index contributed by atoms with van der Waals surface area (Å²) in [6.07, 6.45) is 3.54. The van der Waals surface area contributed by atoms with Crippen LogP contribution in [0.5, 0.6) is 0 Å². The molecule has 0 radical (unpaired) electrons. The predicted octanol–water partition coefficient (Wildman–Crippen LogP) is 3.05. The van der Waals surface area contributed by atoms with Gasteiger partial charge in [0.1, 0.15) is 16.9 Å². The fraction of sp³-hybridized carbons (Fsp3) is 0.360. The zero-order chi connectivity index (χ0) is 23.4. The van der Waals surface area contributed by atoms with Crippen molar-refractivity contribution in [2.45, 2.75) is 25.8 Å². The monoisotopic (exact) mass is 460 g/mol. The molecular formula is C25H25FN6O2. The van der Waals surface area contributed by atoms with Crippen LogP contribution in [-0.2, 0) is 0 Å². The Morgan fingerprint density at radius 1 is 1.09 bits per heavy atom. The van der Waals surface area contributed by atoms with Gasteiger partial charge in [-0.2, -0.15) is 4.68 Å². The van der Waals surface area contributed by atoms with Crippen molar-refractivity contribution in [1.82, 2.24) is 24.5 Å². The van der Waals surface area contributed by atoms with Crippen LogP contribution in [0.3, 0.4) is 0 Å². The highest BCUT2D eigenvalue weighted by Crippen LogP contribution is 2.38. The van der Waals surface area contributed by atoms with Crippen LogP contribution >= 0.6 is 0 Å². The van der Waals surface area contributed by atoms with Gasteiger partial charge in [-0.3, -0.25) is 9.59 Å². The van der Waals surface area contributed by atoms with Crippen LogP contribution in [0.4, 0.5) is 10.1 Å². The predicted molar refractivity (Wildman–Crippen MR) is 128 cm³/mol. The number of pyridine rings is 1. The topological polar surface area (TPSA) is 76.3 Å². The van der Waals surface area contributed by atoms with E-state index in [1.807, 2.05) is 15.5 Å². The summed E-state index contributed by atoms with van der Waals surface area (Å²) in [6.45, 7) is 6.33. The van der Waals surface area contributed by atoms with E-state index in [4.69, 9.17) is 0 Å². The lowest BCUT2D eigenvalue weighted by Crippen LogP contribution is -2.46. The number of nitrogens with zero attached hydrogens (tertiary/aromatic N) is 6. The molecule has 2 fully saturated rings. The van der Waals surface area contributed by atoms with Gasteiger partial charge in [-0.1, -0.05) is 24.3 Å². The molecule has 8 nitrogen and oxygen atoms in total. The lowest BCUT2D eigenvalue weighted by Gasteiger charge is -2.35. The summed E-state index contributed by atoms with van der Waals surface area (Å²) in [5, 5.41) is 8.22. The number of hydrogen-bond acceptors (Lipinski definition) is 6. The maximum atomic E-state index is 15.3. The van der Waals surface area contributed by atoms with Crippen LogP contribution in [0.15, 0.2) is 47.4 Å². The van der Waals surface area contributed by atoms with Crippen molar-refractivity contribution in [1.29, 1.82) is 0 Å². The van der Waals surface area contributed by atoms with Gasteiger partial charge in [-0.05, 0) is 43.7 Å². The Hall–Kier alpha value is -3.59. The van der Waals surface area contributed by atoms with Gasteiger partial charge >= 0.3 is 0 Å². The number of carbonyl (C=O) groups is 1. The van der Waals surface area contributed by atoms with Crippen LogP contribution in [0.25, 0.3) is 21.9 Å². The van der Waals surface area contributed by atoms with Gasteiger partial charge in [0, 0.05) is 43.8 Å². The van der Waals surface area contributed by atoms with Crippen molar-refractivity contribution in [2.75, 3.05) is 37.6 Å². The molecule has 0 bridgehead atoms. The Kier molecular flexibility index (Phi) is 4.95. The third-order valence-corrected chi connectivity index (χ3v) is 6.98. The molecule has 0 N–H and O–H groups in total. The summed E-state index contributed by atoms with van der Waals surface area (Å²) in [5.41, 5.74) is 1.76. The van der Waals surface area contributed by atoms with Crippen molar-refractivity contribution >= 4 is 33.5 Å². The molecule has 3 heterocycles. The average molecular weight is 461 g/mol. The molecule has 1 saturated heterocycles. The van der Waals surface area contributed by atoms with E-state index in [2.05, 4.69) is 22.1 Å². The summed E-state index contributed by atoms with van der Waals surface area (Å²) < 4.78 is 18.4. The number of rotatable bonds is 4. The maximum Gasteiger partial charge on any atom is 0.285 e. The fourth-order valence-corrected chi connectivity index (χ4v) is 4.85. The lowest BCUT2D eigenvalue weighted by molar-refractivity contribution is 0.0946. The second-order valence-electron chi connectivity index (χ2n) is 9.05. The van der Waals surface area contributed by atoms with E-state index in [1.54, 1.807) is 30.5 Å². The Morgan fingerprint density at radius 2 is 1.85 bits per heavy atom. The highest BCUT2D eigenvalue weighted by atomic mass is 19.1. The molecule has 1 aliphatic carbocycles. The molecule has 2 aliphatic rings. The first-order chi connectivity index (χ1) is 16.5. The first kappa shape index (κ1) is 21.0. The van der Waals surface area contributed by atoms with Crippen molar-refractivity contribution < 1.29 is 9.18 Å². The molecule has 0 amide bonds. The minimum absolute atomic E-state index is 0.0289. The van der Waals surface area contributed by atoms with Crippen LogP contribution < -0.4 is 10.3 Å². The number of fused-ring (bicyclic) bond motifs is 2. The van der Waals surface area contributed by atoms with Gasteiger partial charge < -0.3 is 14.4 Å². The Bertz CT molecular complexity index is 1480. The summed E-state index contributed by atoms with van der Waals surface area (Å²) >= 11 is 0. The van der Waals surface area contributed by atoms with Gasteiger partial charge in [0.25, 0.3) is 5.91 Å². The van der Waals surface area contributed by atoms with Gasteiger partial charge in [-0.25, -0.2) is 4.39 Å². The zero-order valence-corrected chi connectivity index (χ0v) is 18.9. The summed E-state index contributed by atoms with van der Waals surface area (Å²) in [5.74, 6) is -0.997. The molecular weight excluding hydrogens is 435 g/mol. The SMILES string of the molecule is CCN1CCN(c2cc3c(cc2F)c(=O)c(C(=O)n2nnc4ccccc42)cn3C2CC2)CC1. The van der Waals surface area contributed by atoms with Crippen molar-refractivity contribution in [3.8, 4) is 0 Å². The number of halogens is 1. The molecule has 0 spiro atoms. The zero-order valence-electron chi connectivity index (χ0n) is 18.9. The van der Waals surface area contributed by atoms with E-state index in [9.17, 15) is 9.59 Å². The van der Waals surface area contributed by atoms with Gasteiger partial charge in [-0.15, -0.1) is 5.10 Å². The molecule has 1 aliphatic heterocycles. The van der Waals surface area contributed by atoms with Crippen molar-refractivity contribution in [3.63, 3.8) is 0 Å². The number of hydrogen-bond donors (Lipinski definition) is 0. The largest absolute Gasteiger partial charge is 0.367 e. The molecule has 1 saturated carbocycles. The van der Waals surface area contributed by atoms with Crippen LogP contribution in [0, 0.1) is 5.82 Å². The smallest absolute Gasteiger partial charge is 0.285 e. The van der Waals surface area contributed by atoms with E-state index in [-0.39, 0.29) is 17.0 Å². The molecule has 9 heteroatoms. The maximum absolute atomic E-state index is 15.3. The third-order valence-electron chi connectivity index (χ3n) is 6.98. The van der Waals surface area contributed by atoms with E-state index in [0.29, 0.717) is 22.2 Å². The van der Waals surface area contributed by atoms with Crippen LogP contribution in [0.1, 0.15) is 36.2 Å². The molecule has 34 heavy (non-hydrogen) atoms. The van der Waals surface area contributed by atoms with Gasteiger partial charge in [0.15, 0.2) is 0 Å². The van der Waals surface area contributed by atoms with E-state index in [0.717, 1.165) is 50.2 Å². The number of para-hydroxylation sites is 1. The minimum atomic E-state index is -0.560. The molecule has 0 unspecified atom stereocenters. The standard InChI is InChI=1S/C25H25FN6O2/c1-2-29-9-11-30(12-10-29)23-14-22-17(13-19(23)26)24(33)18(15-31(22)16-7-8-16)25(34)32-21-6-4-3-5-20(21)27-28-32/h3-6,13-16H,2,7-12H2,1H3. The number of likely N-dealkylation sites (N-methyl/N-ethyl adjacent to an activating group) is 1. The summed E-state index contributed by atoms with van der Waals surface area (Å²) in [7, 11) is 0. The summed E-state index contributed by atoms with van der Waals surface area (Å²) in [4.78, 5) is 31.2. The third kappa shape index (κ3) is 3.38. The number of piperazine rings is 1. The first-order valence-electron chi connectivity index (χ1n) is 11.8. The quantitative estimate of drug-likeness (QED) is 0.466. The van der Waals surface area contributed by atoms with Gasteiger partial charge in [0.2, 0.25) is 5.43 Å². The molecule has 4 aromatic rings. The second kappa shape index (κ2) is 8.02. The Labute approximate surface area is 195 Å². The Morgan fingerprint density at radius 3 is 2.59 bits per heavy atom. The first-order valence-corrected chi connectivity index (χ1v) is 11.8. The number of carbonyl (C=O) groups excluding carboxylic acids is 1. The van der Waals surface area contributed by atoms with E-state index < -0.39 is 17.2 Å². The van der Waals surface area contributed by atoms with Crippen LogP contribution in [0.2, 0.25) is 0 Å². The molecule has 2 aromatic carbocycles. The number of benzene rings is 2. The molecule has 6 rings (SSSR count). The highest BCUT2D eigenvalue weighted by molar-refractivity contribution is 6.02. The highest BCUT2D eigenvalue weighted by Gasteiger charge is 2.29. The molecule has 174 valence electrons. The average Bonchev–Trinajstić information content (AvgIpc) is 3.62. The van der Waals surface area contributed by atoms with Crippen molar-refractivity contribution in [2.24, 2.45) is 0 Å². The normalized spacial score (nSPS) is 17.1. The molecule has 2 aromatic heterocycles. The second-order valence-corrected chi connectivity index (χ2v) is 9.05. The van der Waals surface area contributed by atoms with E-state index >= 15 is 4.39 Å². The van der Waals surface area contributed by atoms with Crippen molar-refractivity contribution in [3.05, 3.63) is 64.2 Å².